The molecular weight excluding hydrogens is 306 g/mol. The highest BCUT2D eigenvalue weighted by Crippen LogP contribution is 2.45. The van der Waals surface area contributed by atoms with E-state index in [0.717, 1.165) is 17.7 Å². The first kappa shape index (κ1) is 16.4. The standard InChI is InChI=1S/C16H12F6/c1-9-3-5-11(6-4-9)14-12(15(17,18)19)7-10(2)8-13(14)16(20,21)22/h3-8H,1-2H3. The molecule has 0 bridgehead atoms. The van der Waals surface area contributed by atoms with Crippen LogP contribution in [0.2, 0.25) is 0 Å². The van der Waals surface area contributed by atoms with Crippen LogP contribution in [-0.2, 0) is 12.4 Å². The van der Waals surface area contributed by atoms with Gasteiger partial charge in [0.2, 0.25) is 0 Å². The van der Waals surface area contributed by atoms with Gasteiger partial charge in [0.25, 0.3) is 0 Å². The van der Waals surface area contributed by atoms with Crippen LogP contribution >= 0.6 is 0 Å². The summed E-state index contributed by atoms with van der Waals surface area (Å²) in [6.07, 6.45) is -9.74. The third-order valence-electron chi connectivity index (χ3n) is 3.23. The molecule has 2 rings (SSSR count). The molecule has 2 aromatic rings. The number of aryl methyl sites for hydroxylation is 2. The minimum absolute atomic E-state index is 0.0875. The molecule has 0 saturated heterocycles. The van der Waals surface area contributed by atoms with Gasteiger partial charge in [-0.1, -0.05) is 29.8 Å². The van der Waals surface area contributed by atoms with Crippen LogP contribution in [0.4, 0.5) is 26.3 Å². The second kappa shape index (κ2) is 5.34. The van der Waals surface area contributed by atoms with Crippen LogP contribution in [0.1, 0.15) is 22.3 Å². The Morgan fingerprint density at radius 1 is 0.636 bits per heavy atom. The highest BCUT2D eigenvalue weighted by Gasteiger charge is 2.41. The molecule has 0 aliphatic heterocycles. The van der Waals surface area contributed by atoms with E-state index in [4.69, 9.17) is 0 Å². The van der Waals surface area contributed by atoms with Crippen LogP contribution in [0.3, 0.4) is 0 Å². The fourth-order valence-electron chi connectivity index (χ4n) is 2.26. The van der Waals surface area contributed by atoms with E-state index in [1.807, 2.05) is 0 Å². The Kier molecular flexibility index (Phi) is 3.98. The van der Waals surface area contributed by atoms with Gasteiger partial charge in [0.15, 0.2) is 0 Å². The highest BCUT2D eigenvalue weighted by molar-refractivity contribution is 5.73. The van der Waals surface area contributed by atoms with Gasteiger partial charge in [0.05, 0.1) is 11.1 Å². The van der Waals surface area contributed by atoms with Crippen LogP contribution in [0.5, 0.6) is 0 Å². The second-order valence-corrected chi connectivity index (χ2v) is 5.10. The lowest BCUT2D eigenvalue weighted by atomic mass is 9.91. The van der Waals surface area contributed by atoms with Gasteiger partial charge < -0.3 is 0 Å². The first-order valence-electron chi connectivity index (χ1n) is 6.36. The van der Waals surface area contributed by atoms with Gasteiger partial charge in [-0.3, -0.25) is 0 Å². The molecule has 0 spiro atoms. The van der Waals surface area contributed by atoms with Crippen molar-refractivity contribution in [2.45, 2.75) is 26.2 Å². The van der Waals surface area contributed by atoms with Gasteiger partial charge in [-0.15, -0.1) is 0 Å². The highest BCUT2D eigenvalue weighted by atomic mass is 19.4. The summed E-state index contributed by atoms with van der Waals surface area (Å²) in [4.78, 5) is 0. The van der Waals surface area contributed by atoms with Crippen molar-refractivity contribution < 1.29 is 26.3 Å². The summed E-state index contributed by atoms with van der Waals surface area (Å²) in [5, 5.41) is 0. The lowest BCUT2D eigenvalue weighted by molar-refractivity contribution is -0.142. The minimum Gasteiger partial charge on any atom is -0.166 e. The van der Waals surface area contributed by atoms with Crippen LogP contribution in [0.15, 0.2) is 36.4 Å². The van der Waals surface area contributed by atoms with Crippen LogP contribution in [0, 0.1) is 13.8 Å². The zero-order valence-electron chi connectivity index (χ0n) is 11.7. The maximum atomic E-state index is 13.2. The average Bonchev–Trinajstić information content (AvgIpc) is 2.37. The molecular formula is C16H12F6. The van der Waals surface area contributed by atoms with E-state index in [-0.39, 0.29) is 11.1 Å². The van der Waals surface area contributed by atoms with E-state index in [2.05, 4.69) is 0 Å². The van der Waals surface area contributed by atoms with Gasteiger partial charge in [-0.05, 0) is 37.1 Å². The Morgan fingerprint density at radius 3 is 1.41 bits per heavy atom. The van der Waals surface area contributed by atoms with Gasteiger partial charge in [0.1, 0.15) is 0 Å². The molecule has 0 saturated carbocycles. The third kappa shape index (κ3) is 3.26. The average molecular weight is 318 g/mol. The smallest absolute Gasteiger partial charge is 0.166 e. The van der Waals surface area contributed by atoms with Gasteiger partial charge in [-0.2, -0.15) is 26.3 Å². The number of hydrogen-bond donors (Lipinski definition) is 0. The molecule has 0 unspecified atom stereocenters. The summed E-state index contributed by atoms with van der Waals surface area (Å²) in [7, 11) is 0. The summed E-state index contributed by atoms with van der Waals surface area (Å²) >= 11 is 0. The first-order valence-corrected chi connectivity index (χ1v) is 6.36. The fourth-order valence-corrected chi connectivity index (χ4v) is 2.26. The Hall–Kier alpha value is -1.98. The van der Waals surface area contributed by atoms with E-state index >= 15 is 0 Å². The summed E-state index contributed by atoms with van der Waals surface area (Å²) in [6.45, 7) is 2.91. The SMILES string of the molecule is Cc1ccc(-c2c(C(F)(F)F)cc(C)cc2C(F)(F)F)cc1. The zero-order chi connectivity index (χ0) is 16.7. The predicted molar refractivity (Wildman–Crippen MR) is 71.4 cm³/mol. The molecule has 118 valence electrons. The molecule has 0 N–H and O–H groups in total. The molecule has 2 aromatic carbocycles. The van der Waals surface area contributed by atoms with E-state index in [1.165, 1.54) is 31.2 Å². The van der Waals surface area contributed by atoms with Gasteiger partial charge >= 0.3 is 12.4 Å². The first-order chi connectivity index (χ1) is 10.00. The van der Waals surface area contributed by atoms with Crippen LogP contribution in [0.25, 0.3) is 11.1 Å². The Labute approximate surface area is 123 Å². The van der Waals surface area contributed by atoms with Crippen LogP contribution < -0.4 is 0 Å². The predicted octanol–water partition coefficient (Wildman–Crippen LogP) is 6.01. The molecule has 0 nitrogen and oxygen atoms in total. The summed E-state index contributed by atoms with van der Waals surface area (Å²) in [6, 6.07) is 6.98. The molecule has 0 aliphatic carbocycles. The summed E-state index contributed by atoms with van der Waals surface area (Å²) in [5.41, 5.74) is -2.82. The quantitative estimate of drug-likeness (QED) is 0.565. The molecule has 0 aliphatic rings. The minimum atomic E-state index is -4.87. The molecule has 6 heteroatoms. The maximum absolute atomic E-state index is 13.2. The number of alkyl halides is 6. The fraction of sp³-hybridized carbons (Fsp3) is 0.250. The topological polar surface area (TPSA) is 0 Å². The molecule has 0 aromatic heterocycles. The Balaban J connectivity index is 2.86. The van der Waals surface area contributed by atoms with Crippen molar-refractivity contribution in [3.63, 3.8) is 0 Å². The third-order valence-corrected chi connectivity index (χ3v) is 3.23. The molecule has 22 heavy (non-hydrogen) atoms. The van der Waals surface area contributed by atoms with Gasteiger partial charge in [-0.25, -0.2) is 0 Å². The van der Waals surface area contributed by atoms with E-state index in [9.17, 15) is 26.3 Å². The molecule has 0 amide bonds. The van der Waals surface area contributed by atoms with Crippen LogP contribution in [-0.4, -0.2) is 0 Å². The maximum Gasteiger partial charge on any atom is 0.417 e. The number of halogens is 6. The zero-order valence-corrected chi connectivity index (χ0v) is 11.7. The number of benzene rings is 2. The van der Waals surface area contributed by atoms with Crippen molar-refractivity contribution in [2.24, 2.45) is 0 Å². The van der Waals surface area contributed by atoms with E-state index < -0.39 is 29.0 Å². The van der Waals surface area contributed by atoms with Crippen molar-refractivity contribution in [3.8, 4) is 11.1 Å². The Morgan fingerprint density at radius 2 is 1.05 bits per heavy atom. The number of hydrogen-bond acceptors (Lipinski definition) is 0. The monoisotopic (exact) mass is 318 g/mol. The van der Waals surface area contributed by atoms with E-state index in [1.54, 1.807) is 6.92 Å². The number of rotatable bonds is 1. The van der Waals surface area contributed by atoms with Crippen molar-refractivity contribution in [1.82, 2.24) is 0 Å². The summed E-state index contributed by atoms with van der Waals surface area (Å²) < 4.78 is 79.2. The van der Waals surface area contributed by atoms with Crippen molar-refractivity contribution >= 4 is 0 Å². The molecule has 0 atom stereocenters. The molecule has 0 heterocycles. The summed E-state index contributed by atoms with van der Waals surface area (Å²) in [5.74, 6) is 0. The molecule has 0 radical (unpaired) electrons. The lowest BCUT2D eigenvalue weighted by Gasteiger charge is -2.20. The normalized spacial score (nSPS) is 12.5. The molecule has 0 fully saturated rings. The van der Waals surface area contributed by atoms with Crippen molar-refractivity contribution in [2.75, 3.05) is 0 Å². The van der Waals surface area contributed by atoms with Gasteiger partial charge in [0, 0.05) is 5.56 Å². The van der Waals surface area contributed by atoms with Crippen molar-refractivity contribution in [3.05, 3.63) is 58.7 Å². The van der Waals surface area contributed by atoms with E-state index in [0.29, 0.717) is 0 Å². The lowest BCUT2D eigenvalue weighted by Crippen LogP contribution is -2.15. The second-order valence-electron chi connectivity index (χ2n) is 5.10. The Bertz CT molecular complexity index is 642. The van der Waals surface area contributed by atoms with Crippen molar-refractivity contribution in [1.29, 1.82) is 0 Å². The largest absolute Gasteiger partial charge is 0.417 e.